The molecule has 98 valence electrons. The van der Waals surface area contributed by atoms with E-state index in [0.29, 0.717) is 0 Å². The van der Waals surface area contributed by atoms with E-state index in [1.807, 2.05) is 0 Å². The largest absolute Gasteiger partial charge is 0.475 e. The van der Waals surface area contributed by atoms with Crippen molar-refractivity contribution in [2.24, 2.45) is 0 Å². The molecule has 0 aliphatic heterocycles. The van der Waals surface area contributed by atoms with Crippen LogP contribution in [-0.2, 0) is 18.1 Å². The van der Waals surface area contributed by atoms with Crippen molar-refractivity contribution in [2.45, 2.75) is 33.1 Å². The molecule has 0 aromatic heterocycles. The minimum Gasteiger partial charge on any atom is -0.376 e. The molecule has 0 rings (SSSR count). The second-order valence-corrected chi connectivity index (χ2v) is 5.09. The Labute approximate surface area is 97.1 Å². The topological polar surface area (TPSA) is 68.2 Å². The van der Waals surface area contributed by atoms with E-state index in [0.717, 1.165) is 0 Å². The third-order valence-corrected chi connectivity index (χ3v) is 3.56. The van der Waals surface area contributed by atoms with Crippen LogP contribution in [-0.4, -0.2) is 49.6 Å². The van der Waals surface area contributed by atoms with Gasteiger partial charge in [0.05, 0.1) is 13.2 Å². The Hall–Kier alpha value is 0.0300. The van der Waals surface area contributed by atoms with Crippen LogP contribution in [0.1, 0.15) is 20.8 Å². The van der Waals surface area contributed by atoms with Gasteiger partial charge in [-0.2, -0.15) is 0 Å². The molecule has 0 fully saturated rings. The van der Waals surface area contributed by atoms with Gasteiger partial charge in [-0.3, -0.25) is 18.5 Å². The predicted molar refractivity (Wildman–Crippen MR) is 61.1 cm³/mol. The number of hydrogen-bond acceptors (Lipinski definition) is 6. The van der Waals surface area contributed by atoms with E-state index in [-0.39, 0.29) is 13.2 Å². The van der Waals surface area contributed by atoms with Crippen molar-refractivity contribution in [3.05, 3.63) is 0 Å². The summed E-state index contributed by atoms with van der Waals surface area (Å²) < 4.78 is 27.0. The molecule has 0 saturated heterocycles. The van der Waals surface area contributed by atoms with Crippen LogP contribution < -0.4 is 0 Å². The van der Waals surface area contributed by atoms with Gasteiger partial charge in [0.2, 0.25) is 0 Å². The SMILES string of the molecule is CCOP(=O)(OCC)OC(C)C(O)N(C)C. The first-order valence-electron chi connectivity index (χ1n) is 5.28. The van der Waals surface area contributed by atoms with Crippen LogP contribution in [0.5, 0.6) is 0 Å². The minimum absolute atomic E-state index is 0.224. The zero-order valence-corrected chi connectivity index (χ0v) is 11.4. The Bertz CT molecular complexity index is 226. The van der Waals surface area contributed by atoms with Crippen LogP contribution in [0.15, 0.2) is 0 Å². The van der Waals surface area contributed by atoms with Crippen molar-refractivity contribution in [1.29, 1.82) is 0 Å². The number of rotatable bonds is 8. The highest BCUT2D eigenvalue weighted by Crippen LogP contribution is 2.50. The number of phosphoric ester groups is 1. The van der Waals surface area contributed by atoms with Gasteiger partial charge in [-0.05, 0) is 34.9 Å². The standard InChI is InChI=1S/C9H22NO5P/c1-6-13-16(12,14-7-2)15-8(3)9(11)10(4)5/h8-9,11H,6-7H2,1-5H3. The van der Waals surface area contributed by atoms with E-state index in [4.69, 9.17) is 13.6 Å². The molecule has 0 aromatic rings. The molecule has 1 N–H and O–H groups in total. The van der Waals surface area contributed by atoms with Crippen molar-refractivity contribution in [3.63, 3.8) is 0 Å². The third-order valence-electron chi connectivity index (χ3n) is 1.82. The fourth-order valence-corrected chi connectivity index (χ4v) is 2.44. The number of aliphatic hydroxyl groups excluding tert-OH is 1. The van der Waals surface area contributed by atoms with Gasteiger partial charge in [0, 0.05) is 0 Å². The van der Waals surface area contributed by atoms with Crippen LogP contribution in [0.25, 0.3) is 0 Å². The molecule has 0 aliphatic rings. The quantitative estimate of drug-likeness (QED) is 0.523. The highest BCUT2D eigenvalue weighted by atomic mass is 31.2. The molecule has 0 saturated carbocycles. The lowest BCUT2D eigenvalue weighted by atomic mass is 10.3. The van der Waals surface area contributed by atoms with Gasteiger partial charge in [-0.25, -0.2) is 4.57 Å². The fourth-order valence-electron chi connectivity index (χ4n) is 1.09. The van der Waals surface area contributed by atoms with Crippen LogP contribution in [0.4, 0.5) is 0 Å². The lowest BCUT2D eigenvalue weighted by molar-refractivity contribution is -0.0562. The molecular weight excluding hydrogens is 233 g/mol. The van der Waals surface area contributed by atoms with Crippen LogP contribution in [0.2, 0.25) is 0 Å². The summed E-state index contributed by atoms with van der Waals surface area (Å²) in [5, 5.41) is 9.66. The Morgan fingerprint density at radius 2 is 1.69 bits per heavy atom. The van der Waals surface area contributed by atoms with Gasteiger partial charge < -0.3 is 5.11 Å². The highest BCUT2D eigenvalue weighted by Gasteiger charge is 2.31. The first kappa shape index (κ1) is 16.0. The zero-order chi connectivity index (χ0) is 12.8. The van der Waals surface area contributed by atoms with E-state index in [1.54, 1.807) is 39.8 Å². The first-order chi connectivity index (χ1) is 7.36. The van der Waals surface area contributed by atoms with E-state index in [1.165, 1.54) is 0 Å². The number of phosphoric acid groups is 1. The van der Waals surface area contributed by atoms with Gasteiger partial charge in [-0.15, -0.1) is 0 Å². The Morgan fingerprint density at radius 3 is 2.00 bits per heavy atom. The van der Waals surface area contributed by atoms with Crippen LogP contribution in [0.3, 0.4) is 0 Å². The van der Waals surface area contributed by atoms with Crippen molar-refractivity contribution in [2.75, 3.05) is 27.3 Å². The highest BCUT2D eigenvalue weighted by molar-refractivity contribution is 7.48. The lowest BCUT2D eigenvalue weighted by Crippen LogP contribution is -2.38. The summed E-state index contributed by atoms with van der Waals surface area (Å²) in [6, 6.07) is 0. The fraction of sp³-hybridized carbons (Fsp3) is 1.00. The van der Waals surface area contributed by atoms with Crippen LogP contribution in [0, 0.1) is 0 Å². The van der Waals surface area contributed by atoms with Crippen molar-refractivity contribution >= 4 is 7.82 Å². The van der Waals surface area contributed by atoms with Crippen LogP contribution >= 0.6 is 7.82 Å². The Balaban J connectivity index is 4.45. The van der Waals surface area contributed by atoms with E-state index >= 15 is 0 Å². The summed E-state index contributed by atoms with van der Waals surface area (Å²) >= 11 is 0. The molecule has 0 aliphatic carbocycles. The van der Waals surface area contributed by atoms with E-state index < -0.39 is 20.2 Å². The third kappa shape index (κ3) is 5.39. The molecule has 0 radical (unpaired) electrons. The molecular formula is C9H22NO5P. The second-order valence-electron chi connectivity index (χ2n) is 3.47. The van der Waals surface area contributed by atoms with Gasteiger partial charge >= 0.3 is 7.82 Å². The summed E-state index contributed by atoms with van der Waals surface area (Å²) in [5.74, 6) is 0. The molecule has 16 heavy (non-hydrogen) atoms. The Kier molecular flexibility index (Phi) is 7.39. The number of aliphatic hydroxyl groups is 1. The van der Waals surface area contributed by atoms with Gasteiger partial charge in [0.25, 0.3) is 0 Å². The maximum absolute atomic E-state index is 12.0. The van der Waals surface area contributed by atoms with E-state index in [9.17, 15) is 9.67 Å². The lowest BCUT2D eigenvalue weighted by Gasteiger charge is -2.27. The molecule has 0 aromatic carbocycles. The summed E-state index contributed by atoms with van der Waals surface area (Å²) in [5.41, 5.74) is 0. The molecule has 0 heterocycles. The second kappa shape index (κ2) is 7.37. The molecule has 6 nitrogen and oxygen atoms in total. The van der Waals surface area contributed by atoms with Crippen molar-refractivity contribution in [1.82, 2.24) is 4.90 Å². The summed E-state index contributed by atoms with van der Waals surface area (Å²) in [6.45, 7) is 5.45. The van der Waals surface area contributed by atoms with Crippen molar-refractivity contribution in [3.8, 4) is 0 Å². The van der Waals surface area contributed by atoms with Gasteiger partial charge in [-0.1, -0.05) is 0 Å². The summed E-state index contributed by atoms with van der Waals surface area (Å²) in [4.78, 5) is 1.55. The number of likely N-dealkylation sites (N-methyl/N-ethyl adjacent to an activating group) is 1. The van der Waals surface area contributed by atoms with Gasteiger partial charge in [0.15, 0.2) is 0 Å². The summed E-state index contributed by atoms with van der Waals surface area (Å²) in [7, 11) is -0.173. The summed E-state index contributed by atoms with van der Waals surface area (Å²) in [6.07, 6.45) is -1.53. The number of hydrogen-bond donors (Lipinski definition) is 1. The molecule has 0 spiro atoms. The predicted octanol–water partition coefficient (Wildman–Crippen LogP) is 1.45. The average molecular weight is 255 g/mol. The molecule has 2 atom stereocenters. The monoisotopic (exact) mass is 255 g/mol. The molecule has 7 heteroatoms. The normalized spacial score (nSPS) is 16.4. The van der Waals surface area contributed by atoms with Gasteiger partial charge in [0.1, 0.15) is 12.3 Å². The average Bonchev–Trinajstić information content (AvgIpc) is 2.16. The molecule has 0 bridgehead atoms. The van der Waals surface area contributed by atoms with Crippen molar-refractivity contribution < 1.29 is 23.2 Å². The van der Waals surface area contributed by atoms with E-state index in [2.05, 4.69) is 0 Å². The first-order valence-corrected chi connectivity index (χ1v) is 6.74. The minimum atomic E-state index is -3.56. The Morgan fingerprint density at radius 1 is 1.25 bits per heavy atom. The smallest absolute Gasteiger partial charge is 0.376 e. The molecule has 2 unspecified atom stereocenters. The molecule has 0 amide bonds. The maximum Gasteiger partial charge on any atom is 0.475 e. The number of nitrogens with zero attached hydrogens (tertiary/aromatic N) is 1. The maximum atomic E-state index is 12.0. The zero-order valence-electron chi connectivity index (χ0n) is 10.5.